The summed E-state index contributed by atoms with van der Waals surface area (Å²) in [7, 11) is -3.66. The number of rotatable bonds is 5. The number of hydrogen-bond donors (Lipinski definition) is 2. The fourth-order valence-electron chi connectivity index (χ4n) is 2.42. The Bertz CT molecular complexity index is 1090. The van der Waals surface area contributed by atoms with Gasteiger partial charge in [-0.25, -0.2) is 13.1 Å². The first-order valence-corrected chi connectivity index (χ1v) is 8.74. The van der Waals surface area contributed by atoms with Crippen LogP contribution >= 0.6 is 0 Å². The van der Waals surface area contributed by atoms with Gasteiger partial charge >= 0.3 is 11.1 Å². The lowest BCUT2D eigenvalue weighted by molar-refractivity contribution is 0.572. The average molecular weight is 345 g/mol. The number of para-hydroxylation sites is 2. The third-order valence-electron chi connectivity index (χ3n) is 3.56. The number of aromatic amines is 1. The molecule has 7 nitrogen and oxygen atoms in total. The molecule has 3 aromatic rings. The SMILES string of the molecule is O=c1[nH]c2ccccc2n(CCNS(=O)(=O)c2ccccc2)c1=O. The van der Waals surface area contributed by atoms with Gasteiger partial charge in [0.1, 0.15) is 0 Å². The van der Waals surface area contributed by atoms with Crippen LogP contribution in [0.25, 0.3) is 11.0 Å². The maximum atomic E-state index is 12.2. The third-order valence-corrected chi connectivity index (χ3v) is 5.04. The van der Waals surface area contributed by atoms with Gasteiger partial charge in [0.25, 0.3) is 0 Å². The fourth-order valence-corrected chi connectivity index (χ4v) is 3.46. The summed E-state index contributed by atoms with van der Waals surface area (Å²) in [4.78, 5) is 26.4. The molecule has 0 aliphatic rings. The minimum absolute atomic E-state index is 0.00934. The van der Waals surface area contributed by atoms with Crippen LogP contribution in [-0.4, -0.2) is 24.5 Å². The third kappa shape index (κ3) is 3.15. The van der Waals surface area contributed by atoms with Crippen LogP contribution in [0, 0.1) is 0 Å². The molecule has 1 heterocycles. The topological polar surface area (TPSA) is 101 Å². The molecule has 0 aliphatic carbocycles. The molecule has 0 saturated heterocycles. The minimum atomic E-state index is -3.66. The van der Waals surface area contributed by atoms with Crippen molar-refractivity contribution in [2.24, 2.45) is 0 Å². The molecule has 2 aromatic carbocycles. The molecular weight excluding hydrogens is 330 g/mol. The predicted molar refractivity (Wildman–Crippen MR) is 90.5 cm³/mol. The highest BCUT2D eigenvalue weighted by Gasteiger charge is 2.13. The second kappa shape index (κ2) is 6.42. The van der Waals surface area contributed by atoms with E-state index in [0.29, 0.717) is 11.0 Å². The monoisotopic (exact) mass is 345 g/mol. The van der Waals surface area contributed by atoms with Crippen LogP contribution in [0.3, 0.4) is 0 Å². The van der Waals surface area contributed by atoms with Crippen LogP contribution in [0.4, 0.5) is 0 Å². The Labute approximate surface area is 137 Å². The van der Waals surface area contributed by atoms with E-state index in [4.69, 9.17) is 0 Å². The van der Waals surface area contributed by atoms with Crippen LogP contribution in [0.1, 0.15) is 0 Å². The first-order chi connectivity index (χ1) is 11.5. The Morgan fingerprint density at radius 2 is 1.62 bits per heavy atom. The molecule has 8 heteroatoms. The molecule has 0 saturated carbocycles. The summed E-state index contributed by atoms with van der Waals surface area (Å²) < 4.78 is 28.0. The van der Waals surface area contributed by atoms with E-state index >= 15 is 0 Å². The Balaban J connectivity index is 1.86. The zero-order valence-corrected chi connectivity index (χ0v) is 13.4. The molecular formula is C16H15N3O4S. The average Bonchev–Trinajstić information content (AvgIpc) is 2.59. The Hall–Kier alpha value is -2.71. The molecule has 0 spiro atoms. The van der Waals surface area contributed by atoms with E-state index in [9.17, 15) is 18.0 Å². The van der Waals surface area contributed by atoms with Gasteiger partial charge in [-0.3, -0.25) is 9.59 Å². The zero-order chi connectivity index (χ0) is 17.2. The molecule has 3 rings (SSSR count). The number of fused-ring (bicyclic) bond motifs is 1. The molecule has 2 N–H and O–H groups in total. The Morgan fingerprint density at radius 3 is 2.38 bits per heavy atom. The molecule has 0 fully saturated rings. The summed E-state index contributed by atoms with van der Waals surface area (Å²) in [5.74, 6) is 0. The van der Waals surface area contributed by atoms with Crippen LogP contribution in [0.2, 0.25) is 0 Å². The van der Waals surface area contributed by atoms with Crippen molar-refractivity contribution in [3.05, 3.63) is 75.3 Å². The van der Waals surface area contributed by atoms with E-state index in [1.807, 2.05) is 0 Å². The molecule has 0 bridgehead atoms. The van der Waals surface area contributed by atoms with E-state index in [2.05, 4.69) is 9.71 Å². The summed E-state index contributed by atoms with van der Waals surface area (Å²) in [6, 6.07) is 14.8. The van der Waals surface area contributed by atoms with Crippen LogP contribution in [0.5, 0.6) is 0 Å². The largest absolute Gasteiger partial charge is 0.316 e. The first kappa shape index (κ1) is 16.2. The van der Waals surface area contributed by atoms with Gasteiger partial charge < -0.3 is 9.55 Å². The summed E-state index contributed by atoms with van der Waals surface area (Å²) >= 11 is 0. The maximum Gasteiger partial charge on any atom is 0.316 e. The van der Waals surface area contributed by atoms with Crippen molar-refractivity contribution < 1.29 is 8.42 Å². The normalized spacial score (nSPS) is 11.7. The number of hydrogen-bond acceptors (Lipinski definition) is 4. The zero-order valence-electron chi connectivity index (χ0n) is 12.6. The summed E-state index contributed by atoms with van der Waals surface area (Å²) in [5.41, 5.74) is -0.388. The predicted octanol–water partition coefficient (Wildman–Crippen LogP) is 0.668. The molecule has 0 unspecified atom stereocenters. The van der Waals surface area contributed by atoms with Crippen molar-refractivity contribution in [1.29, 1.82) is 0 Å². The molecule has 124 valence electrons. The number of nitrogens with zero attached hydrogens (tertiary/aromatic N) is 1. The van der Waals surface area contributed by atoms with Gasteiger partial charge in [-0.2, -0.15) is 0 Å². The summed E-state index contributed by atoms with van der Waals surface area (Å²) in [5, 5.41) is 0. The fraction of sp³-hybridized carbons (Fsp3) is 0.125. The first-order valence-electron chi connectivity index (χ1n) is 7.25. The van der Waals surface area contributed by atoms with Gasteiger partial charge in [-0.05, 0) is 24.3 Å². The molecule has 0 radical (unpaired) electrons. The smallest absolute Gasteiger partial charge is 0.316 e. The highest BCUT2D eigenvalue weighted by atomic mass is 32.2. The number of aromatic nitrogens is 2. The van der Waals surface area contributed by atoms with E-state index in [0.717, 1.165) is 0 Å². The molecule has 1 aromatic heterocycles. The molecule has 0 aliphatic heterocycles. The quantitative estimate of drug-likeness (QED) is 0.664. The minimum Gasteiger partial charge on any atom is -0.316 e. The highest BCUT2D eigenvalue weighted by molar-refractivity contribution is 7.89. The molecule has 0 atom stereocenters. The van der Waals surface area contributed by atoms with Crippen molar-refractivity contribution in [3.63, 3.8) is 0 Å². The van der Waals surface area contributed by atoms with E-state index in [-0.39, 0.29) is 18.0 Å². The second-order valence-electron chi connectivity index (χ2n) is 5.14. The van der Waals surface area contributed by atoms with Crippen LogP contribution in [-0.2, 0) is 16.6 Å². The van der Waals surface area contributed by atoms with Gasteiger partial charge in [0.2, 0.25) is 10.0 Å². The van der Waals surface area contributed by atoms with Crippen LogP contribution in [0.15, 0.2) is 69.1 Å². The van der Waals surface area contributed by atoms with E-state index < -0.39 is 21.1 Å². The second-order valence-corrected chi connectivity index (χ2v) is 6.91. The maximum absolute atomic E-state index is 12.2. The van der Waals surface area contributed by atoms with E-state index in [1.54, 1.807) is 42.5 Å². The number of nitrogens with one attached hydrogen (secondary N) is 2. The van der Waals surface area contributed by atoms with Crippen molar-refractivity contribution in [2.75, 3.05) is 6.54 Å². The standard InChI is InChI=1S/C16H15N3O4S/c20-15-16(21)19(14-9-5-4-8-13(14)18-15)11-10-17-24(22,23)12-6-2-1-3-7-12/h1-9,17H,10-11H2,(H,18,20). The highest BCUT2D eigenvalue weighted by Crippen LogP contribution is 2.08. The molecule has 0 amide bonds. The Morgan fingerprint density at radius 1 is 0.958 bits per heavy atom. The van der Waals surface area contributed by atoms with Crippen molar-refractivity contribution in [3.8, 4) is 0 Å². The number of sulfonamides is 1. The summed E-state index contributed by atoms with van der Waals surface area (Å²) in [6.45, 7) is 0.0416. The number of H-pyrrole nitrogens is 1. The van der Waals surface area contributed by atoms with Gasteiger partial charge in [0, 0.05) is 13.1 Å². The lowest BCUT2D eigenvalue weighted by Crippen LogP contribution is -2.39. The lowest BCUT2D eigenvalue weighted by Gasteiger charge is -2.10. The number of benzene rings is 2. The van der Waals surface area contributed by atoms with Crippen LogP contribution < -0.4 is 15.8 Å². The molecule has 24 heavy (non-hydrogen) atoms. The Kier molecular flexibility index (Phi) is 4.32. The van der Waals surface area contributed by atoms with Crippen molar-refractivity contribution in [1.82, 2.24) is 14.3 Å². The van der Waals surface area contributed by atoms with Gasteiger partial charge in [0.05, 0.1) is 15.9 Å². The van der Waals surface area contributed by atoms with Crippen molar-refractivity contribution >= 4 is 21.1 Å². The van der Waals surface area contributed by atoms with Gasteiger partial charge in [-0.15, -0.1) is 0 Å². The summed E-state index contributed by atoms with van der Waals surface area (Å²) in [6.07, 6.45) is 0. The van der Waals surface area contributed by atoms with Crippen molar-refractivity contribution in [2.45, 2.75) is 11.4 Å². The van der Waals surface area contributed by atoms with Gasteiger partial charge in [0.15, 0.2) is 0 Å². The lowest BCUT2D eigenvalue weighted by atomic mass is 10.3. The van der Waals surface area contributed by atoms with E-state index in [1.165, 1.54) is 16.7 Å². The van der Waals surface area contributed by atoms with Gasteiger partial charge in [-0.1, -0.05) is 30.3 Å².